The van der Waals surface area contributed by atoms with Crippen LogP contribution in [0.3, 0.4) is 0 Å². The summed E-state index contributed by atoms with van der Waals surface area (Å²) < 4.78 is 4.83. The summed E-state index contributed by atoms with van der Waals surface area (Å²) in [5, 5.41) is 0. The fourth-order valence-electron chi connectivity index (χ4n) is 0.204. The van der Waals surface area contributed by atoms with Crippen LogP contribution in [0, 0.1) is 0 Å². The predicted molar refractivity (Wildman–Crippen MR) is 31.5 cm³/mol. The maximum Gasteiger partial charge on any atom is 0.0437 e. The van der Waals surface area contributed by atoms with Gasteiger partial charge in [-0.25, -0.2) is 0 Å². The van der Waals surface area contributed by atoms with Gasteiger partial charge >= 0.3 is 0 Å². The molecule has 0 N–H and O–H groups in total. The van der Waals surface area contributed by atoms with Crippen LogP contribution in [0.1, 0.15) is 15.3 Å². The molecule has 0 aromatic heterocycles. The summed E-state index contributed by atoms with van der Waals surface area (Å²) in [5.41, 5.74) is 0. The lowest BCUT2D eigenvalue weighted by molar-refractivity contribution is 0.162. The van der Waals surface area contributed by atoms with Gasteiger partial charge in [0, 0.05) is 14.6 Å². The second-order valence-electron chi connectivity index (χ2n) is 0.781. The van der Waals surface area contributed by atoms with Crippen molar-refractivity contribution < 1.29 is 6.16 Å². The van der Waals surface area contributed by atoms with Crippen molar-refractivity contribution >= 4 is 12.4 Å². The van der Waals surface area contributed by atoms with Crippen molar-refractivity contribution in [3.8, 4) is 0 Å². The van der Waals surface area contributed by atoms with Crippen LogP contribution in [0.2, 0.25) is 0 Å². The Labute approximate surface area is 46.6 Å². The highest BCUT2D eigenvalue weighted by Crippen LogP contribution is 1.64. The molecule has 0 aliphatic heterocycles. The molecule has 1 nitrogen and oxygen atoms in total. The Morgan fingerprint density at radius 3 is 1.67 bits per heavy atom. The minimum absolute atomic E-state index is 0. The van der Waals surface area contributed by atoms with Crippen molar-refractivity contribution in [2.75, 3.05) is 13.2 Å². The molecule has 0 aliphatic carbocycles. The van der Waals surface area contributed by atoms with E-state index in [9.17, 15) is 0 Å². The summed E-state index contributed by atoms with van der Waals surface area (Å²) in [6.45, 7) is 5.67. The Hall–Kier alpha value is 0.250. The van der Waals surface area contributed by atoms with E-state index in [1.54, 1.807) is 0 Å². The Kier molecular flexibility index (Phi) is 14.3. The summed E-state index contributed by atoms with van der Waals surface area (Å²) in [4.78, 5) is 0. The normalized spacial score (nSPS) is 7.00. The number of ether oxygens (including phenoxy) is 1. The fourth-order valence-corrected chi connectivity index (χ4v) is 0.204. The summed E-state index contributed by atoms with van der Waals surface area (Å²) in [6.07, 6.45) is 0. The molecule has 0 heterocycles. The molecule has 2 heteroatoms. The van der Waals surface area contributed by atoms with Crippen LogP contribution in [-0.2, 0) is 4.74 Å². The highest BCUT2D eigenvalue weighted by atomic mass is 35.5. The lowest BCUT2D eigenvalue weighted by Gasteiger charge is -1.86. The van der Waals surface area contributed by atoms with Gasteiger partial charge in [0.1, 0.15) is 0 Å². The first-order valence-corrected chi connectivity index (χ1v) is 1.99. The number of halogens is 1. The highest BCUT2D eigenvalue weighted by Gasteiger charge is 1.64. The van der Waals surface area contributed by atoms with E-state index in [0.717, 1.165) is 13.2 Å². The number of hydrogen-bond acceptors (Lipinski definition) is 1. The van der Waals surface area contributed by atoms with Crippen molar-refractivity contribution in [2.45, 2.75) is 13.8 Å². The minimum atomic E-state index is 0. The SMILES string of the molecule is CCOCC.Cl.[HH]. The fraction of sp³-hybridized carbons (Fsp3) is 1.00. The molecule has 0 saturated carbocycles. The lowest BCUT2D eigenvalue weighted by Crippen LogP contribution is -1.84. The van der Waals surface area contributed by atoms with E-state index < -0.39 is 0 Å². The van der Waals surface area contributed by atoms with Gasteiger partial charge < -0.3 is 4.74 Å². The van der Waals surface area contributed by atoms with Crippen LogP contribution in [0.5, 0.6) is 0 Å². The van der Waals surface area contributed by atoms with Gasteiger partial charge in [-0.05, 0) is 13.8 Å². The van der Waals surface area contributed by atoms with Crippen molar-refractivity contribution in [2.24, 2.45) is 0 Å². The van der Waals surface area contributed by atoms with Gasteiger partial charge in [0.05, 0.1) is 0 Å². The van der Waals surface area contributed by atoms with E-state index in [0.29, 0.717) is 0 Å². The third kappa shape index (κ3) is 8.87. The van der Waals surface area contributed by atoms with E-state index in [2.05, 4.69) is 0 Å². The molecular formula is C4H13ClO. The van der Waals surface area contributed by atoms with Crippen LogP contribution in [0.4, 0.5) is 0 Å². The van der Waals surface area contributed by atoms with Crippen molar-refractivity contribution in [1.29, 1.82) is 0 Å². The standard InChI is InChI=1S/C4H10O.ClH.H2/c1-3-5-4-2;;/h3-4H2,1-2H3;2*1H. The zero-order valence-electron chi connectivity index (χ0n) is 4.23. The lowest BCUT2D eigenvalue weighted by atomic mass is 10.8. The summed E-state index contributed by atoms with van der Waals surface area (Å²) in [6, 6.07) is 0. The van der Waals surface area contributed by atoms with Gasteiger partial charge in [-0.15, -0.1) is 12.4 Å². The van der Waals surface area contributed by atoms with Crippen molar-refractivity contribution in [1.82, 2.24) is 0 Å². The van der Waals surface area contributed by atoms with Gasteiger partial charge in [-0.3, -0.25) is 0 Å². The van der Waals surface area contributed by atoms with E-state index in [1.165, 1.54) is 0 Å². The molecule has 6 heavy (non-hydrogen) atoms. The molecular weight excluding hydrogens is 99.5 g/mol. The predicted octanol–water partition coefficient (Wildman–Crippen LogP) is 1.71. The van der Waals surface area contributed by atoms with Gasteiger partial charge in [0.15, 0.2) is 0 Å². The molecule has 0 aromatic rings. The number of hydrogen-bond donors (Lipinski definition) is 0. The second kappa shape index (κ2) is 8.98. The Balaban J connectivity index is -0.0000000800. The molecule has 0 amide bonds. The maximum atomic E-state index is 4.83. The summed E-state index contributed by atoms with van der Waals surface area (Å²) in [5.74, 6) is 0. The zero-order valence-corrected chi connectivity index (χ0v) is 5.05. The molecule has 0 radical (unpaired) electrons. The average Bonchev–Trinajstić information content (AvgIpc) is 1.41. The molecule has 0 atom stereocenters. The highest BCUT2D eigenvalue weighted by molar-refractivity contribution is 5.85. The molecule has 0 unspecified atom stereocenters. The molecule has 0 bridgehead atoms. The third-order valence-corrected chi connectivity index (χ3v) is 0.408. The van der Waals surface area contributed by atoms with Crippen LogP contribution in [0.25, 0.3) is 0 Å². The van der Waals surface area contributed by atoms with Crippen molar-refractivity contribution in [3.05, 3.63) is 0 Å². The maximum absolute atomic E-state index is 4.83. The first-order chi connectivity index (χ1) is 2.41. The minimum Gasteiger partial charge on any atom is -0.382 e. The molecule has 0 aliphatic rings. The largest absolute Gasteiger partial charge is 0.382 e. The van der Waals surface area contributed by atoms with Crippen molar-refractivity contribution in [3.63, 3.8) is 0 Å². The van der Waals surface area contributed by atoms with E-state index in [1.807, 2.05) is 13.8 Å². The molecule has 0 spiro atoms. The van der Waals surface area contributed by atoms with Gasteiger partial charge in [-0.1, -0.05) is 0 Å². The zero-order chi connectivity index (χ0) is 4.12. The second-order valence-corrected chi connectivity index (χ2v) is 0.781. The molecule has 42 valence electrons. The van der Waals surface area contributed by atoms with Gasteiger partial charge in [0.25, 0.3) is 0 Å². The summed E-state index contributed by atoms with van der Waals surface area (Å²) in [7, 11) is 0. The first-order valence-electron chi connectivity index (χ1n) is 1.99. The third-order valence-electron chi connectivity index (χ3n) is 0.408. The summed E-state index contributed by atoms with van der Waals surface area (Å²) >= 11 is 0. The first kappa shape index (κ1) is 9.54. The Morgan fingerprint density at radius 2 is 1.67 bits per heavy atom. The smallest absolute Gasteiger partial charge is 0.0437 e. The van der Waals surface area contributed by atoms with E-state index >= 15 is 0 Å². The topological polar surface area (TPSA) is 9.23 Å². The quantitative estimate of drug-likeness (QED) is 0.529. The van der Waals surface area contributed by atoms with E-state index in [4.69, 9.17) is 4.74 Å². The van der Waals surface area contributed by atoms with Crippen LogP contribution in [-0.4, -0.2) is 13.2 Å². The van der Waals surface area contributed by atoms with E-state index in [-0.39, 0.29) is 13.8 Å². The van der Waals surface area contributed by atoms with Crippen LogP contribution >= 0.6 is 12.4 Å². The molecule has 0 rings (SSSR count). The van der Waals surface area contributed by atoms with Crippen LogP contribution in [0.15, 0.2) is 0 Å². The van der Waals surface area contributed by atoms with Crippen LogP contribution < -0.4 is 0 Å². The van der Waals surface area contributed by atoms with Gasteiger partial charge in [-0.2, -0.15) is 0 Å². The Morgan fingerprint density at radius 1 is 1.33 bits per heavy atom. The average molecular weight is 113 g/mol. The molecule has 0 saturated heterocycles. The molecule has 0 aromatic carbocycles. The Bertz CT molecular complexity index is 19.2. The monoisotopic (exact) mass is 112 g/mol. The van der Waals surface area contributed by atoms with Gasteiger partial charge in [0.2, 0.25) is 0 Å². The number of rotatable bonds is 2. The molecule has 0 fully saturated rings.